The first-order chi connectivity index (χ1) is 6.43. The number of ether oxygens (including phenoxy) is 2. The van der Waals surface area contributed by atoms with Crippen LogP contribution in [-0.4, -0.2) is 31.5 Å². The molecule has 0 aromatic carbocycles. The maximum Gasteiger partial charge on any atom is 0.425 e. The summed E-state index contributed by atoms with van der Waals surface area (Å²) in [4.78, 5) is 10.9. The Morgan fingerprint density at radius 1 is 1.36 bits per heavy atom. The third-order valence-electron chi connectivity index (χ3n) is 1.29. The molecule has 0 rings (SSSR count). The smallest absolute Gasteiger partial charge is 0.425 e. The quantitative estimate of drug-likeness (QED) is 0.656. The van der Waals surface area contributed by atoms with Crippen molar-refractivity contribution in [2.24, 2.45) is 0 Å². The number of halogens is 3. The maximum atomic E-state index is 12.2. The average molecular weight is 214 g/mol. The molecule has 1 unspecified atom stereocenters. The van der Waals surface area contributed by atoms with Gasteiger partial charge in [0.05, 0.1) is 6.61 Å². The molecular weight excluding hydrogens is 201 g/mol. The number of hydrogen-bond donors (Lipinski definition) is 0. The molecule has 0 aliphatic rings. The van der Waals surface area contributed by atoms with Crippen LogP contribution in [0.5, 0.6) is 0 Å². The van der Waals surface area contributed by atoms with Crippen LogP contribution in [0.15, 0.2) is 0 Å². The van der Waals surface area contributed by atoms with E-state index < -0.39 is 18.2 Å². The van der Waals surface area contributed by atoms with E-state index in [4.69, 9.17) is 0 Å². The summed E-state index contributed by atoms with van der Waals surface area (Å²) in [5, 5.41) is 0. The molecule has 0 aromatic rings. The summed E-state index contributed by atoms with van der Waals surface area (Å²) in [5.74, 6) is -1.37. The lowest BCUT2D eigenvalue weighted by Crippen LogP contribution is -2.40. The molecule has 84 valence electrons. The zero-order chi connectivity index (χ0) is 11.2. The highest BCUT2D eigenvalue weighted by atomic mass is 19.4. The molecular formula is C8H13F3O3. The van der Waals surface area contributed by atoms with Gasteiger partial charge < -0.3 is 9.47 Å². The fourth-order valence-corrected chi connectivity index (χ4v) is 0.741. The Morgan fingerprint density at radius 3 is 2.29 bits per heavy atom. The number of rotatable bonds is 5. The van der Waals surface area contributed by atoms with Crippen LogP contribution >= 0.6 is 0 Å². The van der Waals surface area contributed by atoms with Gasteiger partial charge in [-0.1, -0.05) is 6.92 Å². The van der Waals surface area contributed by atoms with Crippen LogP contribution in [0.4, 0.5) is 13.2 Å². The summed E-state index contributed by atoms with van der Waals surface area (Å²) in [7, 11) is 0. The van der Waals surface area contributed by atoms with Crippen molar-refractivity contribution in [3.63, 3.8) is 0 Å². The van der Waals surface area contributed by atoms with Gasteiger partial charge in [-0.25, -0.2) is 4.79 Å². The number of esters is 1. The Hall–Kier alpha value is -0.780. The van der Waals surface area contributed by atoms with Crippen LogP contribution in [0, 0.1) is 0 Å². The lowest BCUT2D eigenvalue weighted by molar-refractivity contribution is -0.229. The van der Waals surface area contributed by atoms with Gasteiger partial charge in [0.15, 0.2) is 0 Å². The summed E-state index contributed by atoms with van der Waals surface area (Å²) in [6, 6.07) is 0. The lowest BCUT2D eigenvalue weighted by Gasteiger charge is -2.18. The monoisotopic (exact) mass is 214 g/mol. The first-order valence-corrected chi connectivity index (χ1v) is 4.28. The van der Waals surface area contributed by atoms with E-state index in [1.807, 2.05) is 0 Å². The van der Waals surface area contributed by atoms with Gasteiger partial charge >= 0.3 is 12.1 Å². The zero-order valence-corrected chi connectivity index (χ0v) is 8.06. The van der Waals surface area contributed by atoms with Crippen LogP contribution in [0.1, 0.15) is 20.3 Å². The Morgan fingerprint density at radius 2 is 1.93 bits per heavy atom. The van der Waals surface area contributed by atoms with E-state index in [0.29, 0.717) is 6.42 Å². The van der Waals surface area contributed by atoms with Gasteiger partial charge in [-0.3, -0.25) is 0 Å². The van der Waals surface area contributed by atoms with E-state index in [0.717, 1.165) is 0 Å². The van der Waals surface area contributed by atoms with Crippen molar-refractivity contribution >= 4 is 5.97 Å². The van der Waals surface area contributed by atoms with Gasteiger partial charge in [0, 0.05) is 6.61 Å². The largest absolute Gasteiger partial charge is 0.464 e. The molecule has 6 heteroatoms. The molecule has 0 amide bonds. The summed E-state index contributed by atoms with van der Waals surface area (Å²) in [6.45, 7) is 2.85. The topological polar surface area (TPSA) is 35.5 Å². The second kappa shape index (κ2) is 5.85. The van der Waals surface area contributed by atoms with Crippen LogP contribution in [0.2, 0.25) is 0 Å². The van der Waals surface area contributed by atoms with Crippen LogP contribution in [0.3, 0.4) is 0 Å². The van der Waals surface area contributed by atoms with E-state index >= 15 is 0 Å². The molecule has 0 bridgehead atoms. The summed E-state index contributed by atoms with van der Waals surface area (Å²) < 4.78 is 45.1. The molecule has 1 atom stereocenters. The lowest BCUT2D eigenvalue weighted by atomic mass is 10.3. The Balaban J connectivity index is 4.26. The van der Waals surface area contributed by atoms with E-state index in [2.05, 4.69) is 9.47 Å². The van der Waals surface area contributed by atoms with Crippen LogP contribution in [-0.2, 0) is 14.3 Å². The highest BCUT2D eigenvalue weighted by Crippen LogP contribution is 2.23. The summed E-state index contributed by atoms with van der Waals surface area (Å²) in [6.07, 6.45) is -6.69. The van der Waals surface area contributed by atoms with Crippen molar-refractivity contribution in [2.45, 2.75) is 32.5 Å². The molecule has 0 radical (unpaired) electrons. The normalized spacial score (nSPS) is 13.8. The van der Waals surface area contributed by atoms with Crippen LogP contribution in [0.25, 0.3) is 0 Å². The summed E-state index contributed by atoms with van der Waals surface area (Å²) in [5.41, 5.74) is 0. The second-order valence-corrected chi connectivity index (χ2v) is 2.54. The molecule has 0 spiro atoms. The zero-order valence-electron chi connectivity index (χ0n) is 8.06. The van der Waals surface area contributed by atoms with Crippen LogP contribution < -0.4 is 0 Å². The minimum atomic E-state index is -4.71. The van der Waals surface area contributed by atoms with Gasteiger partial charge in [0.25, 0.3) is 6.10 Å². The minimum absolute atomic E-state index is 0.0293. The Kier molecular flexibility index (Phi) is 5.52. The Bertz CT molecular complexity index is 179. The number of alkyl halides is 3. The maximum absolute atomic E-state index is 12.2. The predicted molar refractivity (Wildman–Crippen MR) is 42.7 cm³/mol. The highest BCUT2D eigenvalue weighted by Gasteiger charge is 2.47. The number of carbonyl (C=O) groups excluding carboxylic acids is 1. The predicted octanol–water partition coefficient (Wildman–Crippen LogP) is 1.91. The molecule has 3 nitrogen and oxygen atoms in total. The van der Waals surface area contributed by atoms with Gasteiger partial charge in [-0.05, 0) is 13.3 Å². The molecule has 0 aliphatic carbocycles. The second-order valence-electron chi connectivity index (χ2n) is 2.54. The summed E-state index contributed by atoms with van der Waals surface area (Å²) >= 11 is 0. The number of carbonyl (C=O) groups is 1. The van der Waals surface area contributed by atoms with E-state index in [1.54, 1.807) is 6.92 Å². The van der Waals surface area contributed by atoms with Crippen molar-refractivity contribution in [3.8, 4) is 0 Å². The fourth-order valence-electron chi connectivity index (χ4n) is 0.741. The highest BCUT2D eigenvalue weighted by molar-refractivity contribution is 5.75. The van der Waals surface area contributed by atoms with Crippen molar-refractivity contribution in [1.82, 2.24) is 0 Å². The molecule has 14 heavy (non-hydrogen) atoms. The molecule has 0 saturated heterocycles. The van der Waals surface area contributed by atoms with Gasteiger partial charge in [-0.15, -0.1) is 0 Å². The third-order valence-corrected chi connectivity index (χ3v) is 1.29. The van der Waals surface area contributed by atoms with Crippen molar-refractivity contribution in [2.75, 3.05) is 13.2 Å². The van der Waals surface area contributed by atoms with E-state index in [9.17, 15) is 18.0 Å². The molecule has 0 N–H and O–H groups in total. The average Bonchev–Trinajstić information content (AvgIpc) is 2.08. The third kappa shape index (κ3) is 4.45. The standard InChI is InChI=1S/C8H13F3O3/c1-3-5-14-7(12)6(13-4-2)8(9,10)11/h6H,3-5H2,1-2H3. The Labute approximate surface area is 80.2 Å². The first kappa shape index (κ1) is 13.2. The molecule has 0 heterocycles. The molecule has 0 aromatic heterocycles. The molecule has 0 saturated carbocycles. The van der Waals surface area contributed by atoms with Crippen molar-refractivity contribution < 1.29 is 27.4 Å². The van der Waals surface area contributed by atoms with Gasteiger partial charge in [0.1, 0.15) is 0 Å². The fraction of sp³-hybridized carbons (Fsp3) is 0.875. The van der Waals surface area contributed by atoms with E-state index in [1.165, 1.54) is 6.92 Å². The molecule has 0 aliphatic heterocycles. The van der Waals surface area contributed by atoms with Crippen molar-refractivity contribution in [3.05, 3.63) is 0 Å². The van der Waals surface area contributed by atoms with Crippen molar-refractivity contribution in [1.29, 1.82) is 0 Å². The minimum Gasteiger partial charge on any atom is -0.464 e. The SMILES string of the molecule is CCCOC(=O)C(OCC)C(F)(F)F. The van der Waals surface area contributed by atoms with Gasteiger partial charge in [0.2, 0.25) is 0 Å². The van der Waals surface area contributed by atoms with Gasteiger partial charge in [-0.2, -0.15) is 13.2 Å². The molecule has 0 fully saturated rings. The first-order valence-electron chi connectivity index (χ1n) is 4.28. The van der Waals surface area contributed by atoms with E-state index in [-0.39, 0.29) is 13.2 Å². The number of hydrogen-bond acceptors (Lipinski definition) is 3.